The smallest absolute Gasteiger partial charge is 0.210 e. The van der Waals surface area contributed by atoms with Crippen LogP contribution in [0, 0.1) is 0 Å². The van der Waals surface area contributed by atoms with E-state index in [-0.39, 0.29) is 0 Å². The molecular weight excluding hydrogens is 272 g/mol. The zero-order chi connectivity index (χ0) is 11.9. The van der Waals surface area contributed by atoms with Gasteiger partial charge in [0, 0.05) is 9.79 Å². The van der Waals surface area contributed by atoms with Crippen LogP contribution >= 0.6 is 21.6 Å². The highest BCUT2D eigenvalue weighted by atomic mass is 33.1. The third-order valence-corrected chi connectivity index (χ3v) is 6.69. The van der Waals surface area contributed by atoms with Crippen LogP contribution in [0.4, 0.5) is 0 Å². The standard InChI is InChI=1S/C12H8O2S3/c13-17(14)11-8-4-7-10(12(11)17)16-15-9-5-2-1-3-6-9/h1-8H. The number of hydrogen-bond donors (Lipinski definition) is 0. The molecule has 1 heterocycles. The van der Waals surface area contributed by atoms with Gasteiger partial charge >= 0.3 is 0 Å². The maximum atomic E-state index is 11.5. The zero-order valence-electron chi connectivity index (χ0n) is 8.66. The van der Waals surface area contributed by atoms with Crippen LogP contribution in [0.1, 0.15) is 0 Å². The molecule has 1 aliphatic heterocycles. The summed E-state index contributed by atoms with van der Waals surface area (Å²) in [5, 5.41) is 0. The van der Waals surface area contributed by atoms with E-state index in [1.54, 1.807) is 22.9 Å². The predicted octanol–water partition coefficient (Wildman–Crippen LogP) is 3.63. The molecule has 17 heavy (non-hydrogen) atoms. The van der Waals surface area contributed by atoms with E-state index in [1.807, 2.05) is 36.4 Å². The van der Waals surface area contributed by atoms with E-state index in [9.17, 15) is 8.42 Å². The average Bonchev–Trinajstić information content (AvgIpc) is 2.92. The van der Waals surface area contributed by atoms with E-state index < -0.39 is 9.84 Å². The lowest BCUT2D eigenvalue weighted by Crippen LogP contribution is -1.71. The molecule has 0 spiro atoms. The highest BCUT2D eigenvalue weighted by molar-refractivity contribution is 8.76. The summed E-state index contributed by atoms with van der Waals surface area (Å²) < 4.78 is 23.1. The number of fused-ring (bicyclic) bond motifs is 1. The first-order chi connectivity index (χ1) is 8.19. The zero-order valence-corrected chi connectivity index (χ0v) is 11.1. The Labute approximate surface area is 108 Å². The van der Waals surface area contributed by atoms with Gasteiger partial charge in [0.1, 0.15) is 4.90 Å². The maximum absolute atomic E-state index is 11.5. The van der Waals surface area contributed by atoms with Crippen LogP contribution in [-0.4, -0.2) is 8.42 Å². The van der Waals surface area contributed by atoms with Gasteiger partial charge in [-0.25, -0.2) is 8.42 Å². The van der Waals surface area contributed by atoms with Crippen LogP contribution in [0.5, 0.6) is 0 Å². The van der Waals surface area contributed by atoms with Crippen LogP contribution in [0.2, 0.25) is 0 Å². The lowest BCUT2D eigenvalue weighted by atomic mass is 10.4. The van der Waals surface area contributed by atoms with Crippen LogP contribution in [0.15, 0.2) is 68.1 Å². The van der Waals surface area contributed by atoms with Crippen molar-refractivity contribution < 1.29 is 8.42 Å². The first-order valence-corrected chi connectivity index (χ1v) is 8.60. The molecule has 0 unspecified atom stereocenters. The van der Waals surface area contributed by atoms with E-state index in [2.05, 4.69) is 0 Å². The molecule has 2 aromatic rings. The van der Waals surface area contributed by atoms with Crippen molar-refractivity contribution >= 4 is 31.4 Å². The summed E-state index contributed by atoms with van der Waals surface area (Å²) in [5.74, 6) is 0. The summed E-state index contributed by atoms with van der Waals surface area (Å²) in [6.07, 6.45) is 0. The Kier molecular flexibility index (Phi) is 2.69. The molecule has 2 aromatic carbocycles. The van der Waals surface area contributed by atoms with Crippen LogP contribution in [-0.2, 0) is 9.84 Å². The van der Waals surface area contributed by atoms with Gasteiger partial charge in [0.15, 0.2) is 0 Å². The van der Waals surface area contributed by atoms with Gasteiger partial charge < -0.3 is 0 Å². The lowest BCUT2D eigenvalue weighted by Gasteiger charge is -1.98. The van der Waals surface area contributed by atoms with E-state index in [1.165, 1.54) is 10.8 Å². The predicted molar refractivity (Wildman–Crippen MR) is 70.0 cm³/mol. The molecule has 0 bridgehead atoms. The Bertz CT molecular complexity index is 663. The van der Waals surface area contributed by atoms with E-state index in [0.717, 1.165) is 9.79 Å². The topological polar surface area (TPSA) is 34.1 Å². The van der Waals surface area contributed by atoms with Crippen LogP contribution in [0.25, 0.3) is 0 Å². The third-order valence-electron chi connectivity index (χ3n) is 2.43. The summed E-state index contributed by atoms with van der Waals surface area (Å²) in [7, 11) is 0.0206. The molecule has 0 saturated carbocycles. The Morgan fingerprint density at radius 1 is 0.824 bits per heavy atom. The van der Waals surface area contributed by atoms with Crippen molar-refractivity contribution in [2.45, 2.75) is 19.6 Å². The maximum Gasteiger partial charge on any atom is 0.210 e. The molecule has 5 heteroatoms. The largest absolute Gasteiger partial charge is 0.218 e. The minimum atomic E-state index is -3.05. The molecule has 2 nitrogen and oxygen atoms in total. The van der Waals surface area contributed by atoms with E-state index in [0.29, 0.717) is 9.79 Å². The van der Waals surface area contributed by atoms with E-state index in [4.69, 9.17) is 0 Å². The van der Waals surface area contributed by atoms with Crippen molar-refractivity contribution in [2.75, 3.05) is 0 Å². The van der Waals surface area contributed by atoms with Gasteiger partial charge in [0.25, 0.3) is 0 Å². The molecule has 3 rings (SSSR count). The average molecular weight is 280 g/mol. The fraction of sp³-hybridized carbons (Fsp3) is 0. The first kappa shape index (κ1) is 11.2. The summed E-state index contributed by atoms with van der Waals surface area (Å²) >= 11 is 0. The molecule has 0 amide bonds. The summed E-state index contributed by atoms with van der Waals surface area (Å²) in [4.78, 5) is 2.94. The molecule has 0 saturated heterocycles. The monoisotopic (exact) mass is 280 g/mol. The van der Waals surface area contributed by atoms with Gasteiger partial charge in [0.2, 0.25) is 9.84 Å². The highest BCUT2D eigenvalue weighted by Gasteiger charge is 2.41. The Hall–Kier alpha value is -0.910. The minimum Gasteiger partial charge on any atom is -0.218 e. The number of sulfone groups is 1. The quantitative estimate of drug-likeness (QED) is 0.542. The third kappa shape index (κ3) is 1.99. The number of rotatable bonds is 3. The van der Waals surface area contributed by atoms with E-state index >= 15 is 0 Å². The summed E-state index contributed by atoms with van der Waals surface area (Å²) in [6.45, 7) is 0. The Morgan fingerprint density at radius 2 is 1.59 bits per heavy atom. The molecule has 0 aliphatic carbocycles. The van der Waals surface area contributed by atoms with Crippen molar-refractivity contribution in [3.63, 3.8) is 0 Å². The van der Waals surface area contributed by atoms with Gasteiger partial charge in [-0.05, 0) is 24.3 Å². The molecular formula is C12H8O2S3. The van der Waals surface area contributed by atoms with Gasteiger partial charge in [-0.15, -0.1) is 0 Å². The fourth-order valence-electron chi connectivity index (χ4n) is 1.56. The van der Waals surface area contributed by atoms with Crippen molar-refractivity contribution in [1.82, 2.24) is 0 Å². The Morgan fingerprint density at radius 3 is 2.35 bits per heavy atom. The molecule has 0 atom stereocenters. The first-order valence-electron chi connectivity index (χ1n) is 4.97. The molecule has 0 fully saturated rings. The number of benzene rings is 2. The molecule has 1 aliphatic rings. The summed E-state index contributed by atoms with van der Waals surface area (Å²) in [5.41, 5.74) is 0. The second-order valence-electron chi connectivity index (χ2n) is 3.57. The Balaban J connectivity index is 1.81. The lowest BCUT2D eigenvalue weighted by molar-refractivity contribution is 0.611. The van der Waals surface area contributed by atoms with Crippen LogP contribution in [0.3, 0.4) is 0 Å². The molecule has 0 N–H and O–H groups in total. The second-order valence-corrected chi connectivity index (χ2v) is 7.67. The highest BCUT2D eigenvalue weighted by Crippen LogP contribution is 2.50. The summed E-state index contributed by atoms with van der Waals surface area (Å²) in [6, 6.07) is 15.2. The van der Waals surface area contributed by atoms with Gasteiger partial charge in [-0.3, -0.25) is 0 Å². The van der Waals surface area contributed by atoms with Crippen molar-refractivity contribution in [2.24, 2.45) is 0 Å². The second kappa shape index (κ2) is 4.08. The molecule has 86 valence electrons. The van der Waals surface area contributed by atoms with Crippen molar-refractivity contribution in [3.05, 3.63) is 48.5 Å². The fourth-order valence-corrected chi connectivity index (χ4v) is 5.71. The van der Waals surface area contributed by atoms with Crippen molar-refractivity contribution in [1.29, 1.82) is 0 Å². The van der Waals surface area contributed by atoms with Gasteiger partial charge in [-0.1, -0.05) is 45.9 Å². The molecule has 0 radical (unpaired) electrons. The molecule has 0 aromatic heterocycles. The number of hydrogen-bond acceptors (Lipinski definition) is 4. The SMILES string of the molecule is O=S1(=O)c2cccc(SSc3ccccc3)c21. The normalized spacial score (nSPS) is 15.3. The van der Waals surface area contributed by atoms with Crippen molar-refractivity contribution in [3.8, 4) is 0 Å². The van der Waals surface area contributed by atoms with Gasteiger partial charge in [0.05, 0.1) is 4.90 Å². The minimum absolute atomic E-state index is 0.483. The van der Waals surface area contributed by atoms with Gasteiger partial charge in [-0.2, -0.15) is 0 Å². The van der Waals surface area contributed by atoms with Crippen LogP contribution < -0.4 is 0 Å².